The van der Waals surface area contributed by atoms with Crippen LogP contribution in [0, 0.1) is 0 Å². The van der Waals surface area contributed by atoms with Crippen LogP contribution in [0.3, 0.4) is 0 Å². The van der Waals surface area contributed by atoms with Crippen molar-refractivity contribution in [3.8, 4) is 78.5 Å². The largest absolute Gasteiger partial charge is 0.495 e. The lowest BCUT2D eigenvalue weighted by Crippen LogP contribution is -2.50. The monoisotopic (exact) mass is 1550 g/mol. The van der Waals surface area contributed by atoms with Gasteiger partial charge in [-0.3, -0.25) is 0 Å². The molecule has 1 saturated heterocycles. The average molecular weight is 1550 g/mol. The highest BCUT2D eigenvalue weighted by Gasteiger charge is 2.64. The van der Waals surface area contributed by atoms with Crippen molar-refractivity contribution >= 4 is 50.7 Å². The van der Waals surface area contributed by atoms with Crippen molar-refractivity contribution < 1.29 is 18.1 Å². The molecule has 0 radical (unpaired) electrons. The van der Waals surface area contributed by atoms with Crippen molar-refractivity contribution in [1.29, 1.82) is 0 Å². The van der Waals surface area contributed by atoms with E-state index in [9.17, 15) is 0 Å². The molecule has 1 fully saturated rings. The van der Waals surface area contributed by atoms with Gasteiger partial charge in [-0.25, -0.2) is 9.97 Å². The van der Waals surface area contributed by atoms with E-state index in [-0.39, 0.29) is 0 Å². The van der Waals surface area contributed by atoms with E-state index in [1.165, 1.54) is 139 Å². The third-order valence-corrected chi connectivity index (χ3v) is 27.2. The summed E-state index contributed by atoms with van der Waals surface area (Å²) in [4.78, 5) is 9.24. The molecule has 116 heavy (non-hydrogen) atoms. The first-order chi connectivity index (χ1) is 56.9. The van der Waals surface area contributed by atoms with Crippen LogP contribution < -0.4 is 5.46 Å². The molecule has 0 atom stereocenters. The number of halogens is 1. The zero-order valence-electron chi connectivity index (χ0n) is 64.3. The second-order valence-electron chi connectivity index (χ2n) is 32.6. The summed E-state index contributed by atoms with van der Waals surface area (Å²) < 4.78 is 26.8. The zero-order valence-corrected chi connectivity index (χ0v) is 65.9. The Bertz CT molecular complexity index is 6840. The van der Waals surface area contributed by atoms with Crippen molar-refractivity contribution in [2.45, 2.75) is 60.6 Å². The van der Waals surface area contributed by atoms with Gasteiger partial charge in [0.05, 0.1) is 32.9 Å². The van der Waals surface area contributed by atoms with E-state index >= 15 is 0 Å². The molecule has 25 rings (SSSR count). The number of fused-ring (bicyclic) bond motifs is 34. The smallest absolute Gasteiger partial charge is 0.436 e. The van der Waals surface area contributed by atoms with Crippen LogP contribution in [0.5, 0.6) is 0 Å². The Labute approximate surface area is 682 Å². The van der Waals surface area contributed by atoms with Crippen molar-refractivity contribution in [3.05, 3.63) is 470 Å². The molecule has 6 nitrogen and oxygen atoms in total. The minimum absolute atomic E-state index is 0.476. The number of benzene rings is 16. The third-order valence-electron chi connectivity index (χ3n) is 26.6. The lowest BCUT2D eigenvalue weighted by atomic mass is 9.49. The Morgan fingerprint density at radius 3 is 0.853 bits per heavy atom. The van der Waals surface area contributed by atoms with Gasteiger partial charge >= 0.3 is 7.12 Å². The summed E-state index contributed by atoms with van der Waals surface area (Å²) in [6.07, 6.45) is 0. The summed E-state index contributed by atoms with van der Waals surface area (Å²) in [6, 6.07) is 137. The maximum atomic E-state index is 6.95. The zero-order chi connectivity index (χ0) is 77.4. The van der Waals surface area contributed by atoms with E-state index in [0.717, 1.165) is 48.8 Å². The molecule has 6 aliphatic carbocycles. The first-order valence-corrected chi connectivity index (χ1v) is 40.9. The van der Waals surface area contributed by atoms with E-state index in [1.807, 2.05) is 72.8 Å². The van der Waals surface area contributed by atoms with Crippen LogP contribution in [0.15, 0.2) is 389 Å². The topological polar surface area (TPSA) is 70.5 Å². The van der Waals surface area contributed by atoms with E-state index in [1.54, 1.807) is 0 Å². The summed E-state index contributed by atoms with van der Waals surface area (Å²) in [6.45, 7) is 8.61. The number of oxazole rings is 2. The van der Waals surface area contributed by atoms with Crippen LogP contribution in [0.2, 0.25) is 0 Å². The van der Waals surface area contributed by atoms with E-state index in [0.29, 0.717) is 11.8 Å². The highest BCUT2D eigenvalue weighted by atomic mass is 79.9. The van der Waals surface area contributed by atoms with Gasteiger partial charge < -0.3 is 18.1 Å². The second kappa shape index (κ2) is 25.5. The number of hydrogen-bond donors (Lipinski definition) is 0. The van der Waals surface area contributed by atoms with Crippen LogP contribution in [0.25, 0.3) is 101 Å². The summed E-state index contributed by atoms with van der Waals surface area (Å²) >= 11 is 3.40. The first-order valence-electron chi connectivity index (χ1n) is 40.1. The van der Waals surface area contributed by atoms with Crippen LogP contribution >= 0.6 is 15.9 Å². The van der Waals surface area contributed by atoms with Crippen molar-refractivity contribution in [2.24, 2.45) is 0 Å². The molecular formula is C108H74BBrN2O4. The number of hydrogen-bond acceptors (Lipinski definition) is 6. The predicted octanol–water partition coefficient (Wildman–Crippen LogP) is 25.5. The van der Waals surface area contributed by atoms with Crippen molar-refractivity contribution in [2.75, 3.05) is 0 Å². The highest BCUT2D eigenvalue weighted by Crippen LogP contribution is 2.71. The Balaban J connectivity index is 0.000000115. The second-order valence-corrected chi connectivity index (χ2v) is 33.5. The Kier molecular flexibility index (Phi) is 15.0. The maximum absolute atomic E-state index is 6.95. The molecule has 0 bridgehead atoms. The summed E-state index contributed by atoms with van der Waals surface area (Å²) in [5.41, 5.74) is 37.3. The quantitative estimate of drug-likeness (QED) is 0.164. The summed E-state index contributed by atoms with van der Waals surface area (Å²) in [5.74, 6) is 1.30. The fourth-order valence-electron chi connectivity index (χ4n) is 21.4. The highest BCUT2D eigenvalue weighted by molar-refractivity contribution is 9.10. The molecular weight excluding hydrogens is 1480 g/mol. The van der Waals surface area contributed by atoms with E-state index in [2.05, 4.69) is 352 Å². The normalized spacial score (nSPS) is 16.0. The Morgan fingerprint density at radius 1 is 0.233 bits per heavy atom. The molecule has 4 spiro atoms. The van der Waals surface area contributed by atoms with E-state index < -0.39 is 40.0 Å². The molecule has 1 aliphatic heterocycles. The van der Waals surface area contributed by atoms with Crippen molar-refractivity contribution in [3.63, 3.8) is 0 Å². The number of aromatic nitrogens is 2. The number of nitrogens with zero attached hydrogens (tertiary/aromatic N) is 2. The van der Waals surface area contributed by atoms with Crippen LogP contribution in [-0.4, -0.2) is 28.3 Å². The van der Waals surface area contributed by atoms with Crippen LogP contribution in [-0.2, 0) is 31.0 Å². The molecule has 0 N–H and O–H groups in total. The molecule has 18 aromatic rings. The van der Waals surface area contributed by atoms with Gasteiger partial charge in [-0.05, 0) is 238 Å². The fourth-order valence-corrected chi connectivity index (χ4v) is 21.7. The summed E-state index contributed by atoms with van der Waals surface area (Å²) in [5, 5.41) is 0. The van der Waals surface area contributed by atoms with Gasteiger partial charge in [-0.15, -0.1) is 0 Å². The standard InChI is InChI=1S/C51H31NO.C44H35BO2.C13H8BrNO/c1-5-19-39-35(14-1)36-15-2-6-20-40(36)50(39)43-23-9-10-24-44(43)51(41-21-7-3-16-37(41)38-17-4-8-22-42(38)51)48-34(18-13-25-45(48)50)32-28-30-33(31-29-32)49-52-46-26-11-12-27-47(46)53-49;1-41(2)42(3,4)47-45(46-41)39-27-15-26-38-40(39)44(34-22-11-7-18-30(34)31-19-8-12-23-35(31)44)37-25-14-13-24-36(37)43(38)32-20-9-5-16-28(32)29-17-6-10-21-33(29)43;14-10-7-5-9(6-8-10)13-15-11-3-1-2-4-12(11)16-13/h1-31H;5-27H,1-4H3;1-8H. The Hall–Kier alpha value is -13.1. The lowest BCUT2D eigenvalue weighted by molar-refractivity contribution is 0.00578. The van der Waals surface area contributed by atoms with Gasteiger partial charge in [0.2, 0.25) is 11.8 Å². The molecule has 0 amide bonds. The molecule has 7 aliphatic rings. The number of para-hydroxylation sites is 4. The molecule has 2 aromatic heterocycles. The molecule has 550 valence electrons. The fraction of sp³-hybridized carbons (Fsp3) is 0.0926. The van der Waals surface area contributed by atoms with Gasteiger partial charge in [0.25, 0.3) is 0 Å². The van der Waals surface area contributed by atoms with Crippen molar-refractivity contribution in [1.82, 2.24) is 9.97 Å². The van der Waals surface area contributed by atoms with Gasteiger partial charge in [0.15, 0.2) is 11.2 Å². The molecule has 0 unspecified atom stereocenters. The minimum atomic E-state index is -0.572. The predicted molar refractivity (Wildman–Crippen MR) is 471 cm³/mol. The van der Waals surface area contributed by atoms with Gasteiger partial charge in [0.1, 0.15) is 11.0 Å². The van der Waals surface area contributed by atoms with Gasteiger partial charge in [0, 0.05) is 15.6 Å². The Morgan fingerprint density at radius 2 is 0.491 bits per heavy atom. The van der Waals surface area contributed by atoms with E-state index in [4.69, 9.17) is 23.1 Å². The third kappa shape index (κ3) is 9.26. The van der Waals surface area contributed by atoms with Gasteiger partial charge in [-0.2, -0.15) is 0 Å². The van der Waals surface area contributed by atoms with Gasteiger partial charge in [-0.1, -0.05) is 331 Å². The number of rotatable bonds is 4. The van der Waals surface area contributed by atoms with Crippen LogP contribution in [0.1, 0.15) is 117 Å². The first kappa shape index (κ1) is 68.5. The maximum Gasteiger partial charge on any atom is 0.495 e. The lowest BCUT2D eigenvalue weighted by Gasteiger charge is -2.49. The molecule has 16 aromatic carbocycles. The minimum Gasteiger partial charge on any atom is -0.436 e. The molecule has 3 heterocycles. The molecule has 8 heteroatoms. The average Bonchev–Trinajstić information content (AvgIpc) is 1.52. The molecule has 0 saturated carbocycles. The summed E-state index contributed by atoms with van der Waals surface area (Å²) in [7, 11) is -0.527. The SMILES string of the molecule is Brc1ccc(-c2nc3ccccc3o2)cc1.CC1(C)OB(c2cccc3c2C2(c4ccccc4-c4ccccc42)c2ccccc2C32c3ccccc3-c3ccccc32)OC1(C)C.c1ccc2c(c1)-c1ccccc1C21c2ccccc2C2(c3ccccc3-c3ccccc32)c2c(-c3ccc(-c4nc5ccccc5o4)cc3)cccc21. The van der Waals surface area contributed by atoms with Crippen LogP contribution in [0.4, 0.5) is 0 Å².